The van der Waals surface area contributed by atoms with Crippen LogP contribution in [0.3, 0.4) is 0 Å². The van der Waals surface area contributed by atoms with Gasteiger partial charge in [0, 0.05) is 5.56 Å². The van der Waals surface area contributed by atoms with Crippen molar-refractivity contribution >= 4 is 5.97 Å². The van der Waals surface area contributed by atoms with Gasteiger partial charge >= 0.3 is 5.97 Å². The van der Waals surface area contributed by atoms with Crippen molar-refractivity contribution in [3.8, 4) is 17.1 Å². The molecule has 3 rings (SSSR count). The van der Waals surface area contributed by atoms with E-state index in [0.29, 0.717) is 24.5 Å². The Balaban J connectivity index is 1.79. The van der Waals surface area contributed by atoms with Gasteiger partial charge in [-0.2, -0.15) is 0 Å². The Hall–Kier alpha value is -3.22. The van der Waals surface area contributed by atoms with Gasteiger partial charge in [-0.1, -0.05) is 24.3 Å². The van der Waals surface area contributed by atoms with Crippen LogP contribution >= 0.6 is 0 Å². The van der Waals surface area contributed by atoms with Crippen molar-refractivity contribution < 1.29 is 14.3 Å². The van der Waals surface area contributed by atoms with Crippen LogP contribution in [0.1, 0.15) is 22.8 Å². The molecule has 0 unspecified atom stereocenters. The summed E-state index contributed by atoms with van der Waals surface area (Å²) in [5.41, 5.74) is 2.38. The van der Waals surface area contributed by atoms with Crippen molar-refractivity contribution in [2.75, 3.05) is 13.7 Å². The van der Waals surface area contributed by atoms with Crippen LogP contribution in [-0.2, 0) is 11.3 Å². The summed E-state index contributed by atoms with van der Waals surface area (Å²) in [6.45, 7) is 2.66. The van der Waals surface area contributed by atoms with E-state index in [2.05, 4.69) is 15.5 Å². The van der Waals surface area contributed by atoms with Gasteiger partial charge in [0.25, 0.3) is 0 Å². The van der Waals surface area contributed by atoms with Crippen LogP contribution in [0.5, 0.6) is 5.75 Å². The highest BCUT2D eigenvalue weighted by atomic mass is 16.5. The maximum Gasteiger partial charge on any atom is 0.338 e. The third-order valence-electron chi connectivity index (χ3n) is 3.68. The normalized spacial score (nSPS) is 10.5. The standard InChI is InChI=1S/C18H18N4O3/c1-3-25-18(23)15-8-6-14(7-9-15)17-19-20-21-22(17)12-13-4-10-16(24-2)11-5-13/h4-11H,3,12H2,1-2H3. The maximum atomic E-state index is 11.7. The molecule has 3 aromatic rings. The number of benzene rings is 2. The van der Waals surface area contributed by atoms with E-state index in [1.807, 2.05) is 36.4 Å². The monoisotopic (exact) mass is 338 g/mol. The van der Waals surface area contributed by atoms with Crippen LogP contribution < -0.4 is 4.74 Å². The number of esters is 1. The maximum absolute atomic E-state index is 11.7. The summed E-state index contributed by atoms with van der Waals surface area (Å²) in [6, 6.07) is 14.8. The van der Waals surface area contributed by atoms with Crippen molar-refractivity contribution in [1.82, 2.24) is 20.2 Å². The van der Waals surface area contributed by atoms with Gasteiger partial charge < -0.3 is 9.47 Å². The number of hydrogen-bond donors (Lipinski definition) is 0. The molecule has 0 N–H and O–H groups in total. The highest BCUT2D eigenvalue weighted by molar-refractivity contribution is 5.89. The lowest BCUT2D eigenvalue weighted by Crippen LogP contribution is -2.06. The summed E-state index contributed by atoms with van der Waals surface area (Å²) in [7, 11) is 1.63. The predicted octanol–water partition coefficient (Wildman–Crippen LogP) is 2.57. The van der Waals surface area contributed by atoms with Crippen LogP contribution in [0.4, 0.5) is 0 Å². The first-order valence-corrected chi connectivity index (χ1v) is 7.88. The van der Waals surface area contributed by atoms with Crippen molar-refractivity contribution in [3.63, 3.8) is 0 Å². The number of ether oxygens (including phenoxy) is 2. The molecule has 25 heavy (non-hydrogen) atoms. The number of nitrogens with zero attached hydrogens (tertiary/aromatic N) is 4. The SMILES string of the molecule is CCOC(=O)c1ccc(-c2nnnn2Cc2ccc(OC)cc2)cc1. The van der Waals surface area contributed by atoms with Gasteiger partial charge in [0.2, 0.25) is 0 Å². The van der Waals surface area contributed by atoms with E-state index in [0.717, 1.165) is 16.9 Å². The second kappa shape index (κ2) is 7.57. The molecule has 0 saturated heterocycles. The Bertz CT molecular complexity index is 842. The minimum absolute atomic E-state index is 0.341. The second-order valence-electron chi connectivity index (χ2n) is 5.31. The number of rotatable bonds is 6. The number of methoxy groups -OCH3 is 1. The fraction of sp³-hybridized carbons (Fsp3) is 0.222. The van der Waals surface area contributed by atoms with Crippen molar-refractivity contribution in [1.29, 1.82) is 0 Å². The summed E-state index contributed by atoms with van der Waals surface area (Å²) in [5, 5.41) is 11.9. The molecule has 0 radical (unpaired) electrons. The Morgan fingerprint density at radius 2 is 1.80 bits per heavy atom. The average molecular weight is 338 g/mol. The molecule has 0 aliphatic rings. The first kappa shape index (κ1) is 16.6. The van der Waals surface area contributed by atoms with Crippen LogP contribution in [0.15, 0.2) is 48.5 Å². The molecule has 0 amide bonds. The number of hydrogen-bond acceptors (Lipinski definition) is 6. The fourth-order valence-corrected chi connectivity index (χ4v) is 2.39. The third-order valence-corrected chi connectivity index (χ3v) is 3.68. The molecular formula is C18H18N4O3. The van der Waals surface area contributed by atoms with E-state index in [4.69, 9.17) is 9.47 Å². The van der Waals surface area contributed by atoms with Crippen LogP contribution in [-0.4, -0.2) is 39.9 Å². The summed E-state index contributed by atoms with van der Waals surface area (Å²) in [4.78, 5) is 11.7. The van der Waals surface area contributed by atoms with Crippen LogP contribution in [0.25, 0.3) is 11.4 Å². The van der Waals surface area contributed by atoms with E-state index >= 15 is 0 Å². The first-order chi connectivity index (χ1) is 12.2. The molecule has 128 valence electrons. The van der Waals surface area contributed by atoms with Gasteiger partial charge in [-0.3, -0.25) is 0 Å². The molecule has 0 saturated carbocycles. The van der Waals surface area contributed by atoms with Crippen molar-refractivity contribution in [3.05, 3.63) is 59.7 Å². The smallest absolute Gasteiger partial charge is 0.338 e. The zero-order valence-electron chi connectivity index (χ0n) is 14.0. The molecular weight excluding hydrogens is 320 g/mol. The van der Waals surface area contributed by atoms with Gasteiger partial charge in [0.1, 0.15) is 5.75 Å². The van der Waals surface area contributed by atoms with Gasteiger partial charge in [0.05, 0.1) is 25.8 Å². The van der Waals surface area contributed by atoms with Crippen molar-refractivity contribution in [2.24, 2.45) is 0 Å². The summed E-state index contributed by atoms with van der Waals surface area (Å²) in [6.07, 6.45) is 0. The Labute approximate surface area is 145 Å². The zero-order chi connectivity index (χ0) is 17.6. The molecule has 0 aliphatic heterocycles. The quantitative estimate of drug-likeness (QED) is 0.643. The molecule has 0 fully saturated rings. The van der Waals surface area contributed by atoms with Crippen LogP contribution in [0.2, 0.25) is 0 Å². The Morgan fingerprint density at radius 1 is 1.08 bits per heavy atom. The number of aromatic nitrogens is 4. The molecule has 2 aromatic carbocycles. The highest BCUT2D eigenvalue weighted by Crippen LogP contribution is 2.19. The van der Waals surface area contributed by atoms with Gasteiger partial charge in [0.15, 0.2) is 5.82 Å². The van der Waals surface area contributed by atoms with Crippen molar-refractivity contribution in [2.45, 2.75) is 13.5 Å². The van der Waals surface area contributed by atoms with Gasteiger partial charge in [-0.25, -0.2) is 9.48 Å². The molecule has 1 aromatic heterocycles. The molecule has 0 atom stereocenters. The molecule has 1 heterocycles. The topological polar surface area (TPSA) is 79.1 Å². The van der Waals surface area contributed by atoms with E-state index in [9.17, 15) is 4.79 Å². The Morgan fingerprint density at radius 3 is 2.44 bits per heavy atom. The lowest BCUT2D eigenvalue weighted by Gasteiger charge is -2.07. The minimum Gasteiger partial charge on any atom is -0.497 e. The molecule has 0 aliphatic carbocycles. The summed E-state index contributed by atoms with van der Waals surface area (Å²) >= 11 is 0. The molecule has 7 heteroatoms. The number of tetrazole rings is 1. The van der Waals surface area contributed by atoms with E-state index in [1.165, 1.54) is 0 Å². The molecule has 7 nitrogen and oxygen atoms in total. The van der Waals surface area contributed by atoms with E-state index in [-0.39, 0.29) is 5.97 Å². The van der Waals surface area contributed by atoms with Gasteiger partial charge in [-0.15, -0.1) is 5.10 Å². The lowest BCUT2D eigenvalue weighted by molar-refractivity contribution is 0.0526. The molecule has 0 bridgehead atoms. The lowest BCUT2D eigenvalue weighted by atomic mass is 10.1. The summed E-state index contributed by atoms with van der Waals surface area (Å²) in [5.74, 6) is 1.09. The van der Waals surface area contributed by atoms with Gasteiger partial charge in [-0.05, 0) is 47.2 Å². The second-order valence-corrected chi connectivity index (χ2v) is 5.31. The zero-order valence-corrected chi connectivity index (χ0v) is 14.0. The Kier molecular flexibility index (Phi) is 5.03. The van der Waals surface area contributed by atoms with E-state index < -0.39 is 0 Å². The number of carbonyl (C=O) groups excluding carboxylic acids is 1. The first-order valence-electron chi connectivity index (χ1n) is 7.88. The minimum atomic E-state index is -0.341. The summed E-state index contributed by atoms with van der Waals surface area (Å²) < 4.78 is 11.9. The largest absolute Gasteiger partial charge is 0.497 e. The average Bonchev–Trinajstić information content (AvgIpc) is 3.11. The fourth-order valence-electron chi connectivity index (χ4n) is 2.39. The highest BCUT2D eigenvalue weighted by Gasteiger charge is 2.11. The molecule has 0 spiro atoms. The number of carbonyl (C=O) groups is 1. The predicted molar refractivity (Wildman–Crippen MR) is 91.3 cm³/mol. The third kappa shape index (κ3) is 3.82. The van der Waals surface area contributed by atoms with E-state index in [1.54, 1.807) is 30.8 Å². The van der Waals surface area contributed by atoms with Crippen LogP contribution in [0, 0.1) is 0 Å².